The highest BCUT2D eigenvalue weighted by Crippen LogP contribution is 2.25. The molecule has 0 saturated heterocycles. The monoisotopic (exact) mass is 303 g/mol. The highest BCUT2D eigenvalue weighted by molar-refractivity contribution is 9.10. The fraction of sp³-hybridized carbons (Fsp3) is 0.0769. The minimum Gasteiger partial charge on any atom is -0.289 e. The zero-order valence-corrected chi connectivity index (χ0v) is 11.2. The molecule has 90 valence electrons. The van der Waals surface area contributed by atoms with Crippen LogP contribution in [-0.4, -0.2) is 14.6 Å². The van der Waals surface area contributed by atoms with Crippen LogP contribution in [0.15, 0.2) is 45.8 Å². The van der Waals surface area contributed by atoms with Crippen LogP contribution in [0.2, 0.25) is 0 Å². The maximum absolute atomic E-state index is 11.7. The van der Waals surface area contributed by atoms with Crippen molar-refractivity contribution in [2.45, 2.75) is 6.92 Å². The average Bonchev–Trinajstić information content (AvgIpc) is 2.69. The molecule has 0 aliphatic carbocycles. The summed E-state index contributed by atoms with van der Waals surface area (Å²) in [5.74, 6) is 0. The molecule has 1 N–H and O–H groups in total. The Kier molecular flexibility index (Phi) is 2.56. The predicted octanol–water partition coefficient (Wildman–Crippen LogP) is 2.76. The third kappa shape index (κ3) is 1.67. The molecule has 0 bridgehead atoms. The number of H-pyrrole nitrogens is 1. The number of aryl methyl sites for hydroxylation is 1. The van der Waals surface area contributed by atoms with E-state index in [-0.39, 0.29) is 5.56 Å². The van der Waals surface area contributed by atoms with E-state index in [1.807, 2.05) is 31.2 Å². The summed E-state index contributed by atoms with van der Waals surface area (Å²) in [4.78, 5) is 16.0. The molecule has 3 aromatic rings. The number of benzene rings is 1. The summed E-state index contributed by atoms with van der Waals surface area (Å²) in [6.07, 6.45) is 1.53. The molecular weight excluding hydrogens is 294 g/mol. The van der Waals surface area contributed by atoms with Crippen LogP contribution >= 0.6 is 15.9 Å². The molecule has 0 fully saturated rings. The van der Waals surface area contributed by atoms with Gasteiger partial charge in [0.05, 0.1) is 5.69 Å². The van der Waals surface area contributed by atoms with Crippen LogP contribution in [0.1, 0.15) is 5.56 Å². The van der Waals surface area contributed by atoms with E-state index in [9.17, 15) is 4.79 Å². The first-order valence-electron chi connectivity index (χ1n) is 5.49. The van der Waals surface area contributed by atoms with Crippen molar-refractivity contribution in [3.63, 3.8) is 0 Å². The van der Waals surface area contributed by atoms with Gasteiger partial charge in [0.25, 0.3) is 5.56 Å². The molecule has 0 saturated carbocycles. The molecule has 2 heterocycles. The summed E-state index contributed by atoms with van der Waals surface area (Å²) >= 11 is 3.44. The van der Waals surface area contributed by atoms with Crippen molar-refractivity contribution in [2.24, 2.45) is 0 Å². The Morgan fingerprint density at radius 1 is 1.33 bits per heavy atom. The fourth-order valence-corrected chi connectivity index (χ4v) is 2.41. The number of hydrogen-bond donors (Lipinski definition) is 1. The number of rotatable bonds is 1. The summed E-state index contributed by atoms with van der Waals surface area (Å²) < 4.78 is 2.46. The van der Waals surface area contributed by atoms with Crippen molar-refractivity contribution >= 4 is 21.6 Å². The van der Waals surface area contributed by atoms with Gasteiger partial charge in [-0.2, -0.15) is 0 Å². The van der Waals surface area contributed by atoms with Gasteiger partial charge in [-0.15, -0.1) is 0 Å². The molecule has 0 aliphatic rings. The van der Waals surface area contributed by atoms with E-state index in [1.165, 1.54) is 16.8 Å². The Labute approximate surface area is 111 Å². The first-order valence-corrected chi connectivity index (χ1v) is 6.28. The third-order valence-electron chi connectivity index (χ3n) is 2.89. The Balaban J connectivity index is 2.34. The number of nitrogens with one attached hydrogen (secondary N) is 1. The first-order chi connectivity index (χ1) is 8.66. The van der Waals surface area contributed by atoms with Gasteiger partial charge in [-0.05, 0) is 19.1 Å². The first kappa shape index (κ1) is 11.2. The van der Waals surface area contributed by atoms with Gasteiger partial charge in [0.2, 0.25) is 0 Å². The number of nitrogens with zero attached hydrogens (tertiary/aromatic N) is 2. The highest BCUT2D eigenvalue weighted by Gasteiger charge is 2.11. The van der Waals surface area contributed by atoms with Crippen molar-refractivity contribution in [1.82, 2.24) is 14.6 Å². The smallest absolute Gasteiger partial charge is 0.272 e. The van der Waals surface area contributed by atoms with E-state index in [1.54, 1.807) is 0 Å². The molecule has 0 radical (unpaired) electrons. The van der Waals surface area contributed by atoms with Crippen molar-refractivity contribution < 1.29 is 0 Å². The second-order valence-electron chi connectivity index (χ2n) is 4.06. The summed E-state index contributed by atoms with van der Waals surface area (Å²) in [5, 5.41) is 3.10. The van der Waals surface area contributed by atoms with Crippen molar-refractivity contribution in [3.8, 4) is 11.3 Å². The van der Waals surface area contributed by atoms with Gasteiger partial charge in [0.1, 0.15) is 0 Å². The second kappa shape index (κ2) is 4.10. The lowest BCUT2D eigenvalue weighted by molar-refractivity contribution is 0.902. The largest absolute Gasteiger partial charge is 0.289 e. The molecule has 4 nitrogen and oxygen atoms in total. The van der Waals surface area contributed by atoms with Crippen LogP contribution in [0.5, 0.6) is 0 Å². The number of fused-ring (bicyclic) bond motifs is 1. The minimum absolute atomic E-state index is 0.107. The molecule has 0 unspecified atom stereocenters. The topological polar surface area (TPSA) is 50.2 Å². The van der Waals surface area contributed by atoms with E-state index in [0.29, 0.717) is 5.65 Å². The summed E-state index contributed by atoms with van der Waals surface area (Å²) in [7, 11) is 0. The zero-order valence-electron chi connectivity index (χ0n) is 9.64. The van der Waals surface area contributed by atoms with Crippen molar-refractivity contribution in [3.05, 3.63) is 56.9 Å². The van der Waals surface area contributed by atoms with Gasteiger partial charge in [-0.3, -0.25) is 9.89 Å². The molecule has 0 amide bonds. The Morgan fingerprint density at radius 3 is 2.89 bits per heavy atom. The lowest BCUT2D eigenvalue weighted by atomic mass is 10.1. The van der Waals surface area contributed by atoms with E-state index >= 15 is 0 Å². The molecule has 2 aromatic heterocycles. The third-order valence-corrected chi connectivity index (χ3v) is 3.39. The van der Waals surface area contributed by atoms with E-state index in [2.05, 4.69) is 26.0 Å². The van der Waals surface area contributed by atoms with Crippen LogP contribution in [-0.2, 0) is 0 Å². The minimum atomic E-state index is -0.107. The number of aromatic amines is 1. The van der Waals surface area contributed by atoms with Crippen LogP contribution in [0.4, 0.5) is 0 Å². The summed E-state index contributed by atoms with van der Waals surface area (Å²) in [5.41, 5.74) is 3.45. The maximum atomic E-state index is 11.7. The van der Waals surface area contributed by atoms with Gasteiger partial charge < -0.3 is 0 Å². The van der Waals surface area contributed by atoms with Crippen LogP contribution < -0.4 is 5.56 Å². The Bertz CT molecular complexity index is 788. The molecule has 0 aliphatic heterocycles. The van der Waals surface area contributed by atoms with Crippen LogP contribution in [0.25, 0.3) is 16.9 Å². The number of aromatic nitrogens is 3. The molecule has 1 aromatic carbocycles. The Hall–Kier alpha value is -1.88. The van der Waals surface area contributed by atoms with Crippen molar-refractivity contribution in [1.29, 1.82) is 0 Å². The number of halogens is 1. The predicted molar refractivity (Wildman–Crippen MR) is 73.7 cm³/mol. The Morgan fingerprint density at radius 2 is 2.17 bits per heavy atom. The molecule has 3 rings (SSSR count). The summed E-state index contributed by atoms with van der Waals surface area (Å²) in [6.45, 7) is 1.95. The molecule has 18 heavy (non-hydrogen) atoms. The lowest BCUT2D eigenvalue weighted by Crippen LogP contribution is -2.12. The van der Waals surface area contributed by atoms with Gasteiger partial charge in [-0.25, -0.2) is 9.50 Å². The quantitative estimate of drug-likeness (QED) is 0.751. The molecule has 0 atom stereocenters. The second-order valence-corrected chi connectivity index (χ2v) is 4.98. The van der Waals surface area contributed by atoms with E-state index < -0.39 is 0 Å². The standard InChI is InChI=1S/C13H10BrN3O/c1-8-12(9-3-2-4-10(14)7-9)16-17-11(18)5-6-15-13(8)17/h2-7,16H,1H3. The van der Waals surface area contributed by atoms with Gasteiger partial charge in [0.15, 0.2) is 5.65 Å². The molecule has 0 spiro atoms. The van der Waals surface area contributed by atoms with Crippen LogP contribution in [0.3, 0.4) is 0 Å². The lowest BCUT2D eigenvalue weighted by Gasteiger charge is -1.99. The van der Waals surface area contributed by atoms with Gasteiger partial charge in [0, 0.05) is 27.9 Å². The van der Waals surface area contributed by atoms with E-state index in [0.717, 1.165) is 21.3 Å². The summed E-state index contributed by atoms with van der Waals surface area (Å²) in [6, 6.07) is 9.36. The average molecular weight is 304 g/mol. The normalized spacial score (nSPS) is 11.0. The van der Waals surface area contributed by atoms with Gasteiger partial charge in [-0.1, -0.05) is 28.1 Å². The van der Waals surface area contributed by atoms with E-state index in [4.69, 9.17) is 0 Å². The molecular formula is C13H10BrN3O. The molecule has 5 heteroatoms. The van der Waals surface area contributed by atoms with Crippen molar-refractivity contribution in [2.75, 3.05) is 0 Å². The SMILES string of the molecule is Cc1c(-c2cccc(Br)c2)[nH]n2c(=O)ccnc12. The fourth-order valence-electron chi connectivity index (χ4n) is 2.01. The maximum Gasteiger partial charge on any atom is 0.272 e. The zero-order chi connectivity index (χ0) is 12.7. The highest BCUT2D eigenvalue weighted by atomic mass is 79.9. The number of hydrogen-bond acceptors (Lipinski definition) is 2. The van der Waals surface area contributed by atoms with Crippen LogP contribution in [0, 0.1) is 6.92 Å². The van der Waals surface area contributed by atoms with Gasteiger partial charge >= 0.3 is 0 Å².